The number of aliphatic carboxylic acids is 1. The normalized spacial score (nSPS) is 22.2. The van der Waals surface area contributed by atoms with Gasteiger partial charge in [0.25, 0.3) is 0 Å². The van der Waals surface area contributed by atoms with Gasteiger partial charge in [0.1, 0.15) is 11.4 Å². The van der Waals surface area contributed by atoms with E-state index in [1.54, 1.807) is 0 Å². The third-order valence-corrected chi connectivity index (χ3v) is 3.90. The zero-order valence-electron chi connectivity index (χ0n) is 11.2. The number of ether oxygens (including phenoxy) is 1. The molecule has 1 heterocycles. The summed E-state index contributed by atoms with van der Waals surface area (Å²) in [6.45, 7) is 6.15. The predicted octanol–water partition coefficient (Wildman–Crippen LogP) is 3.25. The first-order chi connectivity index (χ1) is 8.41. The van der Waals surface area contributed by atoms with Crippen molar-refractivity contribution >= 4 is 5.97 Å². The van der Waals surface area contributed by atoms with E-state index in [9.17, 15) is 4.79 Å². The Kier molecular flexibility index (Phi) is 3.33. The molecule has 1 N–H and O–H groups in total. The molecule has 3 nitrogen and oxygen atoms in total. The fourth-order valence-electron chi connectivity index (χ4n) is 2.43. The molecule has 18 heavy (non-hydrogen) atoms. The molecule has 0 fully saturated rings. The van der Waals surface area contributed by atoms with Crippen molar-refractivity contribution in [2.45, 2.75) is 52.1 Å². The summed E-state index contributed by atoms with van der Waals surface area (Å²) in [5.74, 6) is 0.209. The first-order valence-corrected chi connectivity index (χ1v) is 6.41. The number of carbonyl (C=O) groups is 1. The maximum atomic E-state index is 10.7. The lowest BCUT2D eigenvalue weighted by Crippen LogP contribution is -2.37. The van der Waals surface area contributed by atoms with Crippen LogP contribution in [0.15, 0.2) is 12.1 Å². The number of benzene rings is 1. The molecule has 1 aromatic rings. The van der Waals surface area contributed by atoms with Crippen molar-refractivity contribution in [1.82, 2.24) is 0 Å². The second-order valence-electron chi connectivity index (χ2n) is 5.44. The molecule has 0 radical (unpaired) electrons. The predicted molar refractivity (Wildman–Crippen MR) is 70.1 cm³/mol. The van der Waals surface area contributed by atoms with Crippen LogP contribution in [0.2, 0.25) is 0 Å². The van der Waals surface area contributed by atoms with Crippen molar-refractivity contribution in [3.63, 3.8) is 0 Å². The maximum absolute atomic E-state index is 10.7. The van der Waals surface area contributed by atoms with Crippen molar-refractivity contribution in [2.24, 2.45) is 0 Å². The van der Waals surface area contributed by atoms with Crippen LogP contribution in [0.5, 0.6) is 5.75 Å². The van der Waals surface area contributed by atoms with Gasteiger partial charge >= 0.3 is 5.97 Å². The standard InChI is InChI=1S/C15H20O3/c1-10-4-5-12-6-8-15(3,9-7-13(16)17)18-14(12)11(10)2/h4-5H,6-9H2,1-3H3,(H,16,17). The van der Waals surface area contributed by atoms with Crippen LogP contribution >= 0.6 is 0 Å². The minimum Gasteiger partial charge on any atom is -0.487 e. The molecular weight excluding hydrogens is 228 g/mol. The zero-order valence-corrected chi connectivity index (χ0v) is 11.2. The third kappa shape index (κ3) is 2.50. The number of hydrogen-bond donors (Lipinski definition) is 1. The number of rotatable bonds is 3. The van der Waals surface area contributed by atoms with E-state index in [2.05, 4.69) is 26.0 Å². The van der Waals surface area contributed by atoms with E-state index in [1.807, 2.05) is 6.92 Å². The minimum atomic E-state index is -0.758. The fraction of sp³-hybridized carbons (Fsp3) is 0.533. The highest BCUT2D eigenvalue weighted by molar-refractivity contribution is 5.66. The summed E-state index contributed by atoms with van der Waals surface area (Å²) in [5, 5.41) is 8.80. The van der Waals surface area contributed by atoms with Gasteiger partial charge in [-0.3, -0.25) is 4.79 Å². The average molecular weight is 248 g/mol. The molecule has 1 unspecified atom stereocenters. The number of fused-ring (bicyclic) bond motifs is 1. The molecule has 1 aromatic carbocycles. The first-order valence-electron chi connectivity index (χ1n) is 6.41. The van der Waals surface area contributed by atoms with Gasteiger partial charge in [-0.05, 0) is 56.7 Å². The lowest BCUT2D eigenvalue weighted by Gasteiger charge is -2.36. The van der Waals surface area contributed by atoms with E-state index in [4.69, 9.17) is 9.84 Å². The van der Waals surface area contributed by atoms with Crippen molar-refractivity contribution < 1.29 is 14.6 Å². The van der Waals surface area contributed by atoms with Gasteiger partial charge < -0.3 is 9.84 Å². The van der Waals surface area contributed by atoms with Gasteiger partial charge in [0.2, 0.25) is 0 Å². The van der Waals surface area contributed by atoms with Gasteiger partial charge in [0.15, 0.2) is 0 Å². The lowest BCUT2D eigenvalue weighted by atomic mass is 9.87. The summed E-state index contributed by atoms with van der Waals surface area (Å²) >= 11 is 0. The Morgan fingerprint density at radius 2 is 2.17 bits per heavy atom. The van der Waals surface area contributed by atoms with E-state index in [0.29, 0.717) is 6.42 Å². The van der Waals surface area contributed by atoms with Crippen molar-refractivity contribution in [3.8, 4) is 5.75 Å². The first kappa shape index (κ1) is 12.9. The summed E-state index contributed by atoms with van der Waals surface area (Å²) < 4.78 is 6.12. The monoisotopic (exact) mass is 248 g/mol. The summed E-state index contributed by atoms with van der Waals surface area (Å²) in [7, 11) is 0. The molecule has 1 atom stereocenters. The van der Waals surface area contributed by atoms with Crippen molar-refractivity contribution in [2.75, 3.05) is 0 Å². The van der Waals surface area contributed by atoms with Crippen molar-refractivity contribution in [3.05, 3.63) is 28.8 Å². The Balaban J connectivity index is 2.22. The highest BCUT2D eigenvalue weighted by Gasteiger charge is 2.32. The zero-order chi connectivity index (χ0) is 13.3. The van der Waals surface area contributed by atoms with E-state index in [-0.39, 0.29) is 12.0 Å². The molecule has 2 rings (SSSR count). The largest absolute Gasteiger partial charge is 0.487 e. The molecule has 1 aliphatic rings. The highest BCUT2D eigenvalue weighted by Crippen LogP contribution is 2.38. The van der Waals surface area contributed by atoms with Crippen LogP contribution in [0.25, 0.3) is 0 Å². The molecule has 0 bridgehead atoms. The molecule has 0 spiro atoms. The van der Waals surface area contributed by atoms with Crippen LogP contribution < -0.4 is 4.74 Å². The van der Waals surface area contributed by atoms with Crippen LogP contribution in [0, 0.1) is 13.8 Å². The minimum absolute atomic E-state index is 0.163. The summed E-state index contributed by atoms with van der Waals surface area (Å²) in [5.41, 5.74) is 3.29. The molecule has 3 heteroatoms. The Hall–Kier alpha value is -1.51. The van der Waals surface area contributed by atoms with Crippen LogP contribution in [0.1, 0.15) is 42.9 Å². The Morgan fingerprint density at radius 1 is 1.44 bits per heavy atom. The SMILES string of the molecule is Cc1ccc2c(c1C)OC(C)(CCC(=O)O)CC2. The molecule has 1 aliphatic heterocycles. The number of hydrogen-bond acceptors (Lipinski definition) is 2. The molecular formula is C15H20O3. The van der Waals surface area contributed by atoms with E-state index in [1.165, 1.54) is 16.7 Å². The second-order valence-corrected chi connectivity index (χ2v) is 5.44. The number of carboxylic acids is 1. The van der Waals surface area contributed by atoms with Gasteiger partial charge in [-0.2, -0.15) is 0 Å². The van der Waals surface area contributed by atoms with Crippen LogP contribution in [0.4, 0.5) is 0 Å². The van der Waals surface area contributed by atoms with E-state index < -0.39 is 5.97 Å². The van der Waals surface area contributed by atoms with Gasteiger partial charge in [0, 0.05) is 6.42 Å². The maximum Gasteiger partial charge on any atom is 0.303 e. The smallest absolute Gasteiger partial charge is 0.303 e. The quantitative estimate of drug-likeness (QED) is 0.893. The van der Waals surface area contributed by atoms with Gasteiger partial charge in [0.05, 0.1) is 0 Å². The molecule has 0 saturated carbocycles. The molecule has 0 aliphatic carbocycles. The van der Waals surface area contributed by atoms with E-state index >= 15 is 0 Å². The second kappa shape index (κ2) is 4.63. The van der Waals surface area contributed by atoms with Crippen LogP contribution in [-0.4, -0.2) is 16.7 Å². The Bertz CT molecular complexity index is 479. The van der Waals surface area contributed by atoms with Crippen LogP contribution in [0.3, 0.4) is 0 Å². The highest BCUT2D eigenvalue weighted by atomic mass is 16.5. The Morgan fingerprint density at radius 3 is 2.83 bits per heavy atom. The van der Waals surface area contributed by atoms with Crippen LogP contribution in [-0.2, 0) is 11.2 Å². The molecule has 0 saturated heterocycles. The molecule has 0 amide bonds. The van der Waals surface area contributed by atoms with Gasteiger partial charge in [-0.1, -0.05) is 12.1 Å². The topological polar surface area (TPSA) is 46.5 Å². The molecule has 0 aromatic heterocycles. The molecule has 98 valence electrons. The van der Waals surface area contributed by atoms with E-state index in [0.717, 1.165) is 18.6 Å². The lowest BCUT2D eigenvalue weighted by molar-refractivity contribution is -0.138. The number of aryl methyl sites for hydroxylation is 2. The van der Waals surface area contributed by atoms with Gasteiger partial charge in [-0.25, -0.2) is 0 Å². The summed E-state index contributed by atoms with van der Waals surface area (Å²) in [6, 6.07) is 4.24. The summed E-state index contributed by atoms with van der Waals surface area (Å²) in [6.07, 6.45) is 2.58. The number of carboxylic acid groups (broad SMARTS) is 1. The average Bonchev–Trinajstić information content (AvgIpc) is 2.32. The summed E-state index contributed by atoms with van der Waals surface area (Å²) in [4.78, 5) is 10.7. The fourth-order valence-corrected chi connectivity index (χ4v) is 2.43. The van der Waals surface area contributed by atoms with Crippen molar-refractivity contribution in [1.29, 1.82) is 0 Å². The Labute approximate surface area is 108 Å². The van der Waals surface area contributed by atoms with Gasteiger partial charge in [-0.15, -0.1) is 0 Å². The third-order valence-electron chi connectivity index (χ3n) is 3.90.